The molecule has 4 aromatic rings. The lowest BCUT2D eigenvalue weighted by Crippen LogP contribution is -1.90. The van der Waals surface area contributed by atoms with Crippen LogP contribution in [0.5, 0.6) is 0 Å². The summed E-state index contributed by atoms with van der Waals surface area (Å²) in [7, 11) is 0. The van der Waals surface area contributed by atoms with E-state index >= 15 is 0 Å². The number of aromatic nitrogens is 1. The first-order chi connectivity index (χ1) is 9.38. The van der Waals surface area contributed by atoms with Gasteiger partial charge in [0.2, 0.25) is 6.41 Å². The van der Waals surface area contributed by atoms with Gasteiger partial charge in [-0.2, -0.15) is 0 Å². The van der Waals surface area contributed by atoms with E-state index in [2.05, 4.69) is 36.4 Å². The molecule has 0 aliphatic rings. The molecule has 90 valence electrons. The number of hydrogen-bond donors (Lipinski definition) is 0. The number of carbonyl (C=O) groups excluding carboxylic acids is 1. The van der Waals surface area contributed by atoms with Crippen LogP contribution in [0.2, 0.25) is 0 Å². The largest absolute Gasteiger partial charge is 0.290 e. The summed E-state index contributed by atoms with van der Waals surface area (Å²) in [5.74, 6) is 0. The van der Waals surface area contributed by atoms with Crippen molar-refractivity contribution >= 4 is 38.9 Å². The third-order valence-corrected chi connectivity index (χ3v) is 3.72. The molecule has 0 saturated heterocycles. The Bertz CT molecular complexity index is 934. The topological polar surface area (TPSA) is 22.0 Å². The number of hydrogen-bond acceptors (Lipinski definition) is 1. The Labute approximate surface area is 109 Å². The highest BCUT2D eigenvalue weighted by Gasteiger charge is 2.07. The molecule has 1 heterocycles. The Kier molecular flexibility index (Phi) is 2.00. The Balaban J connectivity index is 2.33. The Morgan fingerprint density at radius 1 is 0.789 bits per heavy atom. The lowest BCUT2D eigenvalue weighted by atomic mass is 9.99. The van der Waals surface area contributed by atoms with Crippen molar-refractivity contribution in [2.45, 2.75) is 0 Å². The van der Waals surface area contributed by atoms with Crippen LogP contribution >= 0.6 is 0 Å². The quantitative estimate of drug-likeness (QED) is 0.367. The Morgan fingerprint density at radius 2 is 1.58 bits per heavy atom. The molecule has 0 N–H and O–H groups in total. The molecule has 0 unspecified atom stereocenters. The first kappa shape index (κ1) is 10.3. The summed E-state index contributed by atoms with van der Waals surface area (Å²) in [6.45, 7) is 0. The zero-order valence-corrected chi connectivity index (χ0v) is 10.2. The summed E-state index contributed by atoms with van der Waals surface area (Å²) in [5.41, 5.74) is 0.957. The maximum atomic E-state index is 11.0. The van der Waals surface area contributed by atoms with Gasteiger partial charge >= 0.3 is 0 Å². The van der Waals surface area contributed by atoms with Crippen molar-refractivity contribution in [3.05, 3.63) is 60.8 Å². The average molecular weight is 245 g/mol. The van der Waals surface area contributed by atoms with Crippen LogP contribution in [0, 0.1) is 0 Å². The highest BCUT2D eigenvalue weighted by Crippen LogP contribution is 2.32. The fourth-order valence-corrected chi connectivity index (χ4v) is 2.84. The molecule has 4 rings (SSSR count). The average Bonchev–Trinajstić information content (AvgIpc) is 2.89. The van der Waals surface area contributed by atoms with E-state index in [-0.39, 0.29) is 0 Å². The fourth-order valence-electron chi connectivity index (χ4n) is 2.84. The highest BCUT2D eigenvalue weighted by atomic mass is 16.1. The second kappa shape index (κ2) is 3.69. The van der Waals surface area contributed by atoms with E-state index in [0.717, 1.165) is 17.3 Å². The maximum absolute atomic E-state index is 11.0. The maximum Gasteiger partial charge on any atom is 0.218 e. The fraction of sp³-hybridized carbons (Fsp3) is 0. The number of fused-ring (bicyclic) bond motifs is 5. The van der Waals surface area contributed by atoms with Crippen molar-refractivity contribution in [3.8, 4) is 0 Å². The zero-order chi connectivity index (χ0) is 12.8. The van der Waals surface area contributed by atoms with Crippen molar-refractivity contribution in [2.75, 3.05) is 0 Å². The van der Waals surface area contributed by atoms with Gasteiger partial charge in [0.15, 0.2) is 0 Å². The van der Waals surface area contributed by atoms with Crippen molar-refractivity contribution < 1.29 is 4.79 Å². The molecule has 2 nitrogen and oxygen atoms in total. The Hall–Kier alpha value is -2.61. The van der Waals surface area contributed by atoms with Crippen LogP contribution in [-0.2, 0) is 4.79 Å². The first-order valence-corrected chi connectivity index (χ1v) is 6.25. The van der Waals surface area contributed by atoms with E-state index in [9.17, 15) is 4.79 Å². The third-order valence-electron chi connectivity index (χ3n) is 3.72. The minimum atomic E-state index is 0.847. The van der Waals surface area contributed by atoms with Crippen LogP contribution < -0.4 is 0 Å². The lowest BCUT2D eigenvalue weighted by molar-refractivity contribution is 0.549. The minimum absolute atomic E-state index is 0.847. The van der Waals surface area contributed by atoms with Crippen LogP contribution in [0.25, 0.3) is 32.4 Å². The monoisotopic (exact) mass is 245 g/mol. The number of rotatable bonds is 1. The summed E-state index contributed by atoms with van der Waals surface area (Å²) in [5, 5.41) is 6.00. The van der Waals surface area contributed by atoms with E-state index in [0.29, 0.717) is 0 Å². The second-order valence-corrected chi connectivity index (χ2v) is 4.71. The molecule has 0 fully saturated rings. The van der Waals surface area contributed by atoms with Crippen LogP contribution in [-0.4, -0.2) is 11.0 Å². The summed E-state index contributed by atoms with van der Waals surface area (Å²) < 4.78 is 1.62. The molecule has 0 aliphatic carbocycles. The van der Waals surface area contributed by atoms with Gasteiger partial charge in [0.25, 0.3) is 0 Å². The summed E-state index contributed by atoms with van der Waals surface area (Å²) in [6.07, 6.45) is 2.66. The van der Waals surface area contributed by atoms with Gasteiger partial charge in [0, 0.05) is 11.6 Å². The van der Waals surface area contributed by atoms with Gasteiger partial charge in [-0.3, -0.25) is 9.36 Å². The van der Waals surface area contributed by atoms with Gasteiger partial charge in [0.1, 0.15) is 0 Å². The molecule has 1 aromatic heterocycles. The van der Waals surface area contributed by atoms with E-state index in [1.807, 2.05) is 24.4 Å². The number of benzene rings is 3. The van der Waals surface area contributed by atoms with Gasteiger partial charge in [-0.25, -0.2) is 0 Å². The van der Waals surface area contributed by atoms with Crippen LogP contribution in [0.15, 0.2) is 60.8 Å². The van der Waals surface area contributed by atoms with Gasteiger partial charge in [-0.05, 0) is 33.7 Å². The van der Waals surface area contributed by atoms with E-state index in [1.165, 1.54) is 21.5 Å². The van der Waals surface area contributed by atoms with Gasteiger partial charge < -0.3 is 0 Å². The van der Waals surface area contributed by atoms with E-state index < -0.39 is 0 Å². The second-order valence-electron chi connectivity index (χ2n) is 4.71. The molecule has 0 amide bonds. The normalized spacial score (nSPS) is 11.4. The summed E-state index contributed by atoms with van der Waals surface area (Å²) in [6, 6.07) is 18.7. The SMILES string of the molecule is O=Cn1ccc2c3c(ccc4ccccc43)ccc21. The molecule has 0 saturated carbocycles. The predicted octanol–water partition coefficient (Wildman–Crippen LogP) is 3.99. The standard InChI is InChI=1S/C17H11NO/c19-11-18-10-9-15-16(18)8-7-13-6-5-12-3-1-2-4-14(12)17(13)15/h1-11H. The lowest BCUT2D eigenvalue weighted by Gasteiger charge is -2.05. The smallest absolute Gasteiger partial charge is 0.218 e. The van der Waals surface area contributed by atoms with Crippen LogP contribution in [0.1, 0.15) is 0 Å². The molecule has 3 aromatic carbocycles. The van der Waals surface area contributed by atoms with Crippen LogP contribution in [0.3, 0.4) is 0 Å². The van der Waals surface area contributed by atoms with Gasteiger partial charge in [-0.15, -0.1) is 0 Å². The minimum Gasteiger partial charge on any atom is -0.290 e. The number of carbonyl (C=O) groups is 1. The number of nitrogens with zero attached hydrogens (tertiary/aromatic N) is 1. The molecular weight excluding hydrogens is 234 g/mol. The van der Waals surface area contributed by atoms with E-state index in [4.69, 9.17) is 0 Å². The summed E-state index contributed by atoms with van der Waals surface area (Å²) in [4.78, 5) is 11.0. The Morgan fingerprint density at radius 3 is 2.47 bits per heavy atom. The zero-order valence-electron chi connectivity index (χ0n) is 10.2. The molecular formula is C17H11NO. The van der Waals surface area contributed by atoms with Gasteiger partial charge in [0.05, 0.1) is 5.52 Å². The molecule has 0 radical (unpaired) electrons. The highest BCUT2D eigenvalue weighted by molar-refractivity contribution is 6.20. The summed E-state index contributed by atoms with van der Waals surface area (Å²) >= 11 is 0. The van der Waals surface area contributed by atoms with Crippen molar-refractivity contribution in [3.63, 3.8) is 0 Å². The van der Waals surface area contributed by atoms with Crippen LogP contribution in [0.4, 0.5) is 0 Å². The van der Waals surface area contributed by atoms with Gasteiger partial charge in [-0.1, -0.05) is 42.5 Å². The molecule has 0 aliphatic heterocycles. The molecule has 2 heteroatoms. The molecule has 19 heavy (non-hydrogen) atoms. The van der Waals surface area contributed by atoms with Crippen molar-refractivity contribution in [2.24, 2.45) is 0 Å². The molecule has 0 bridgehead atoms. The van der Waals surface area contributed by atoms with Crippen molar-refractivity contribution in [1.82, 2.24) is 4.57 Å². The third kappa shape index (κ3) is 1.34. The van der Waals surface area contributed by atoms with Crippen molar-refractivity contribution in [1.29, 1.82) is 0 Å². The predicted molar refractivity (Wildman–Crippen MR) is 79.1 cm³/mol. The van der Waals surface area contributed by atoms with E-state index in [1.54, 1.807) is 4.57 Å². The molecule has 0 spiro atoms. The molecule has 0 atom stereocenters. The first-order valence-electron chi connectivity index (χ1n) is 6.25.